The van der Waals surface area contributed by atoms with E-state index in [2.05, 4.69) is 25.9 Å². The van der Waals surface area contributed by atoms with Crippen LogP contribution in [-0.4, -0.2) is 19.9 Å². The van der Waals surface area contributed by atoms with Crippen molar-refractivity contribution in [2.75, 3.05) is 0 Å². The summed E-state index contributed by atoms with van der Waals surface area (Å²) in [5, 5.41) is 10.8. The van der Waals surface area contributed by atoms with Crippen molar-refractivity contribution in [3.8, 4) is 33.9 Å². The average Bonchev–Trinajstić information content (AvgIpc) is 2.99. The van der Waals surface area contributed by atoms with Crippen LogP contribution in [0.25, 0.3) is 33.9 Å². The zero-order chi connectivity index (χ0) is 19.8. The van der Waals surface area contributed by atoms with Gasteiger partial charge in [0.2, 0.25) is 5.56 Å². The summed E-state index contributed by atoms with van der Waals surface area (Å²) in [6.07, 6.45) is 1.42. The van der Waals surface area contributed by atoms with Gasteiger partial charge in [-0.3, -0.25) is 4.79 Å². The first-order chi connectivity index (χ1) is 13.5. The highest BCUT2D eigenvalue weighted by Gasteiger charge is 2.25. The van der Waals surface area contributed by atoms with Crippen molar-refractivity contribution in [2.45, 2.75) is 0 Å². The van der Waals surface area contributed by atoms with E-state index in [4.69, 9.17) is 0 Å². The lowest BCUT2D eigenvalue weighted by Crippen LogP contribution is -2.05. The lowest BCUT2D eigenvalue weighted by atomic mass is 10.1. The third-order valence-corrected chi connectivity index (χ3v) is 4.74. The number of nitrogens with zero attached hydrogens (tertiary/aromatic N) is 2. The Morgan fingerprint density at radius 3 is 2.32 bits per heavy atom. The molecule has 5 nitrogen and oxygen atoms in total. The lowest BCUT2D eigenvalue weighted by molar-refractivity contribution is 0.195. The van der Waals surface area contributed by atoms with Gasteiger partial charge in [0, 0.05) is 27.9 Å². The number of aromatic nitrogens is 3. The normalized spacial score (nSPS) is 11.0. The number of benzene rings is 2. The van der Waals surface area contributed by atoms with Gasteiger partial charge >= 0.3 is 0 Å². The highest BCUT2D eigenvalue weighted by molar-refractivity contribution is 9.10. The Hall–Kier alpha value is -3.26. The van der Waals surface area contributed by atoms with Crippen molar-refractivity contribution in [3.63, 3.8) is 0 Å². The number of pyridine rings is 1. The fourth-order valence-electron chi connectivity index (χ4n) is 2.95. The van der Waals surface area contributed by atoms with Crippen molar-refractivity contribution in [2.24, 2.45) is 0 Å². The Labute approximate surface area is 166 Å². The van der Waals surface area contributed by atoms with Crippen molar-refractivity contribution in [1.29, 1.82) is 0 Å². The van der Waals surface area contributed by atoms with Crippen LogP contribution >= 0.6 is 15.9 Å². The van der Waals surface area contributed by atoms with Gasteiger partial charge in [-0.25, -0.2) is 13.8 Å². The summed E-state index contributed by atoms with van der Waals surface area (Å²) in [5.41, 5.74) is 0.520. The summed E-state index contributed by atoms with van der Waals surface area (Å²) >= 11 is 3.35. The van der Waals surface area contributed by atoms with Crippen molar-refractivity contribution in [3.05, 3.63) is 87.3 Å². The quantitative estimate of drug-likeness (QED) is 0.444. The van der Waals surface area contributed by atoms with E-state index < -0.39 is 17.2 Å². The number of aromatic amines is 1. The average molecular weight is 444 g/mol. The second-order valence-electron chi connectivity index (χ2n) is 5.99. The molecular weight excluding hydrogens is 432 g/mol. The Bertz CT molecular complexity index is 1210. The minimum absolute atomic E-state index is 0.145. The molecule has 4 aromatic rings. The van der Waals surface area contributed by atoms with E-state index in [9.17, 15) is 18.8 Å². The molecule has 0 aliphatic heterocycles. The number of H-pyrrole nitrogens is 1. The predicted molar refractivity (Wildman–Crippen MR) is 104 cm³/mol. The zero-order valence-corrected chi connectivity index (χ0v) is 15.7. The van der Waals surface area contributed by atoms with E-state index in [-0.39, 0.29) is 22.8 Å². The van der Waals surface area contributed by atoms with E-state index >= 15 is 0 Å². The highest BCUT2D eigenvalue weighted by atomic mass is 79.9. The van der Waals surface area contributed by atoms with Crippen LogP contribution < -0.4 is 5.56 Å². The van der Waals surface area contributed by atoms with Crippen LogP contribution in [0, 0.1) is 11.6 Å². The summed E-state index contributed by atoms with van der Waals surface area (Å²) in [5.74, 6) is -2.02. The summed E-state index contributed by atoms with van der Waals surface area (Å²) in [4.78, 5) is 18.6. The van der Waals surface area contributed by atoms with Gasteiger partial charge in [0.1, 0.15) is 23.0 Å². The van der Waals surface area contributed by atoms with Crippen LogP contribution in [0.1, 0.15) is 0 Å². The molecule has 8 heteroatoms. The molecule has 0 spiro atoms. The molecule has 0 saturated carbocycles. The maximum atomic E-state index is 14.3. The molecule has 140 valence electrons. The maximum Gasteiger partial charge on any atom is 0.248 e. The summed E-state index contributed by atoms with van der Waals surface area (Å²) in [6, 6.07) is 13.3. The SMILES string of the molecule is O=c1cc(-c2c(-c3ccc(Br)cc3)nc(-c3c(F)cccc3F)n2O)cc[nH]1. The molecule has 0 unspecified atom stereocenters. The van der Waals surface area contributed by atoms with Gasteiger partial charge in [-0.2, -0.15) is 4.73 Å². The molecule has 2 N–H and O–H groups in total. The minimum Gasteiger partial charge on any atom is -0.426 e. The molecule has 0 saturated heterocycles. The van der Waals surface area contributed by atoms with Gasteiger partial charge < -0.3 is 10.2 Å². The number of halogens is 3. The zero-order valence-electron chi connectivity index (χ0n) is 14.2. The molecule has 4 rings (SSSR count). The first kappa shape index (κ1) is 18.1. The number of hydrogen-bond acceptors (Lipinski definition) is 3. The maximum absolute atomic E-state index is 14.3. The van der Waals surface area contributed by atoms with E-state index in [1.54, 1.807) is 30.3 Å². The number of nitrogens with one attached hydrogen (secondary N) is 1. The van der Waals surface area contributed by atoms with Gasteiger partial charge in [0.05, 0.1) is 5.56 Å². The fourth-order valence-corrected chi connectivity index (χ4v) is 3.21. The molecule has 0 radical (unpaired) electrons. The summed E-state index contributed by atoms with van der Waals surface area (Å²) in [7, 11) is 0. The molecule has 2 aromatic carbocycles. The Kier molecular flexibility index (Phi) is 4.56. The Balaban J connectivity index is 2.05. The van der Waals surface area contributed by atoms with Gasteiger partial charge in [0.25, 0.3) is 0 Å². The van der Waals surface area contributed by atoms with Crippen LogP contribution in [0.3, 0.4) is 0 Å². The third-order valence-electron chi connectivity index (χ3n) is 4.21. The standard InChI is InChI=1S/C20H12BrF2N3O2/c21-13-6-4-11(5-7-13)18-19(12-8-9-24-16(27)10-12)26(28)20(25-18)17-14(22)2-1-3-15(17)23/h1-10,28H,(H,24,27). The molecule has 2 heterocycles. The van der Waals surface area contributed by atoms with Crippen molar-refractivity contribution >= 4 is 15.9 Å². The first-order valence-electron chi connectivity index (χ1n) is 8.17. The second-order valence-corrected chi connectivity index (χ2v) is 6.91. The molecule has 0 bridgehead atoms. The Morgan fingerprint density at radius 2 is 1.68 bits per heavy atom. The number of rotatable bonds is 3. The minimum atomic E-state index is -0.861. The third kappa shape index (κ3) is 3.11. The van der Waals surface area contributed by atoms with Gasteiger partial charge in [-0.15, -0.1) is 0 Å². The molecule has 2 aromatic heterocycles. The second kappa shape index (κ2) is 7.05. The van der Waals surface area contributed by atoms with Crippen LogP contribution in [-0.2, 0) is 0 Å². The largest absolute Gasteiger partial charge is 0.426 e. The van der Waals surface area contributed by atoms with Crippen LogP contribution in [0.4, 0.5) is 8.78 Å². The molecule has 0 amide bonds. The van der Waals surface area contributed by atoms with Crippen molar-refractivity contribution < 1.29 is 14.0 Å². The first-order valence-corrected chi connectivity index (χ1v) is 8.96. The smallest absolute Gasteiger partial charge is 0.248 e. The van der Waals surface area contributed by atoms with E-state index in [0.717, 1.165) is 16.6 Å². The molecule has 0 aliphatic carbocycles. The summed E-state index contributed by atoms with van der Waals surface area (Å²) < 4.78 is 30.1. The van der Waals surface area contributed by atoms with E-state index in [1.807, 2.05) is 0 Å². The molecule has 0 fully saturated rings. The van der Waals surface area contributed by atoms with Gasteiger partial charge in [-0.1, -0.05) is 34.1 Å². The van der Waals surface area contributed by atoms with Crippen LogP contribution in [0.5, 0.6) is 0 Å². The molecular formula is C20H12BrF2N3O2. The fraction of sp³-hybridized carbons (Fsp3) is 0. The molecule has 28 heavy (non-hydrogen) atoms. The van der Waals surface area contributed by atoms with Crippen LogP contribution in [0.15, 0.2) is 70.1 Å². The van der Waals surface area contributed by atoms with Crippen LogP contribution in [0.2, 0.25) is 0 Å². The van der Waals surface area contributed by atoms with Gasteiger partial charge in [-0.05, 0) is 30.3 Å². The lowest BCUT2D eigenvalue weighted by Gasteiger charge is -2.07. The van der Waals surface area contributed by atoms with Gasteiger partial charge in [0.15, 0.2) is 5.82 Å². The highest BCUT2D eigenvalue weighted by Crippen LogP contribution is 2.36. The summed E-state index contributed by atoms with van der Waals surface area (Å²) in [6.45, 7) is 0. The Morgan fingerprint density at radius 1 is 1.00 bits per heavy atom. The molecule has 0 aliphatic rings. The van der Waals surface area contributed by atoms with E-state index in [0.29, 0.717) is 15.9 Å². The van der Waals surface area contributed by atoms with Crippen molar-refractivity contribution in [1.82, 2.24) is 14.7 Å². The predicted octanol–water partition coefficient (Wildman–Crippen LogP) is 4.85. The monoisotopic (exact) mass is 443 g/mol. The van der Waals surface area contributed by atoms with E-state index in [1.165, 1.54) is 18.3 Å². The number of imidazole rings is 1. The topological polar surface area (TPSA) is 70.9 Å². The molecule has 0 atom stereocenters. The number of hydrogen-bond donors (Lipinski definition) is 2.